The summed E-state index contributed by atoms with van der Waals surface area (Å²) in [6, 6.07) is 4.05. The Bertz CT molecular complexity index is 667. The first-order chi connectivity index (χ1) is 11.9. The number of pyridine rings is 1. The van der Waals surface area contributed by atoms with Gasteiger partial charge in [-0.1, -0.05) is 20.8 Å². The van der Waals surface area contributed by atoms with E-state index in [0.29, 0.717) is 11.0 Å². The summed E-state index contributed by atoms with van der Waals surface area (Å²) in [7, 11) is 0. The molecular formula is C20H30N4O. The van der Waals surface area contributed by atoms with Crippen LogP contribution in [0.2, 0.25) is 0 Å². The number of nitrogens with one attached hydrogen (secondary N) is 2. The Morgan fingerprint density at radius 1 is 1.32 bits per heavy atom. The van der Waals surface area contributed by atoms with Crippen molar-refractivity contribution in [1.29, 1.82) is 0 Å². The van der Waals surface area contributed by atoms with Crippen LogP contribution in [-0.2, 0) is 0 Å². The highest BCUT2D eigenvalue weighted by Gasteiger charge is 2.61. The maximum absolute atomic E-state index is 13.1. The Morgan fingerprint density at radius 2 is 2.08 bits per heavy atom. The van der Waals surface area contributed by atoms with Gasteiger partial charge in [0.2, 0.25) is 0 Å². The average Bonchev–Trinajstić information content (AvgIpc) is 2.96. The van der Waals surface area contributed by atoms with E-state index in [4.69, 9.17) is 0 Å². The molecule has 0 aromatic carbocycles. The summed E-state index contributed by atoms with van der Waals surface area (Å²) in [5.74, 6) is 1.59. The fourth-order valence-electron chi connectivity index (χ4n) is 5.36. The summed E-state index contributed by atoms with van der Waals surface area (Å²) in [4.78, 5) is 19.8. The number of hydrogen-bond donors (Lipinski definition) is 2. The average molecular weight is 342 g/mol. The fourth-order valence-corrected chi connectivity index (χ4v) is 5.36. The molecule has 1 aromatic rings. The topological polar surface area (TPSA) is 57.3 Å². The normalized spacial score (nSPS) is 33.5. The molecule has 2 heterocycles. The molecule has 1 amide bonds. The Morgan fingerprint density at radius 3 is 2.72 bits per heavy atom. The van der Waals surface area contributed by atoms with Crippen molar-refractivity contribution in [2.24, 2.45) is 16.7 Å². The zero-order valence-electron chi connectivity index (χ0n) is 15.6. The minimum atomic E-state index is 0.0382. The number of hydrogen-bond acceptors (Lipinski definition) is 4. The zero-order valence-corrected chi connectivity index (χ0v) is 15.6. The first-order valence-corrected chi connectivity index (χ1v) is 9.65. The number of carbonyl (C=O) groups is 1. The number of fused-ring (bicyclic) bond motifs is 2. The number of anilines is 1. The van der Waals surface area contributed by atoms with Gasteiger partial charge in [0.15, 0.2) is 0 Å². The van der Waals surface area contributed by atoms with E-state index >= 15 is 0 Å². The highest BCUT2D eigenvalue weighted by Crippen LogP contribution is 2.65. The van der Waals surface area contributed by atoms with Crippen molar-refractivity contribution in [1.82, 2.24) is 15.6 Å². The molecule has 5 nitrogen and oxygen atoms in total. The van der Waals surface area contributed by atoms with E-state index < -0.39 is 0 Å². The van der Waals surface area contributed by atoms with Gasteiger partial charge in [0.05, 0.1) is 5.56 Å². The molecule has 25 heavy (non-hydrogen) atoms. The van der Waals surface area contributed by atoms with Crippen molar-refractivity contribution >= 4 is 11.7 Å². The number of nitrogens with zero attached hydrogens (tertiary/aromatic N) is 2. The summed E-state index contributed by atoms with van der Waals surface area (Å²) >= 11 is 0. The molecular weight excluding hydrogens is 312 g/mol. The lowest BCUT2D eigenvalue weighted by molar-refractivity contribution is 0.0826. The number of piperazine rings is 1. The molecule has 0 spiro atoms. The summed E-state index contributed by atoms with van der Waals surface area (Å²) in [5, 5.41) is 6.74. The van der Waals surface area contributed by atoms with Gasteiger partial charge in [-0.3, -0.25) is 4.79 Å². The van der Waals surface area contributed by atoms with E-state index in [-0.39, 0.29) is 17.4 Å². The lowest BCUT2D eigenvalue weighted by Gasteiger charge is -2.39. The van der Waals surface area contributed by atoms with E-state index in [1.165, 1.54) is 12.8 Å². The van der Waals surface area contributed by atoms with Gasteiger partial charge in [0.1, 0.15) is 5.82 Å². The number of carbonyl (C=O) groups excluding carboxylic acids is 1. The number of amides is 1. The molecule has 2 aliphatic carbocycles. The van der Waals surface area contributed by atoms with Gasteiger partial charge in [-0.25, -0.2) is 4.98 Å². The molecule has 4 rings (SSSR count). The third-order valence-corrected chi connectivity index (χ3v) is 7.55. The van der Waals surface area contributed by atoms with Crippen LogP contribution in [-0.4, -0.2) is 43.1 Å². The van der Waals surface area contributed by atoms with Crippen molar-refractivity contribution < 1.29 is 4.79 Å². The van der Waals surface area contributed by atoms with Crippen LogP contribution in [0.25, 0.3) is 0 Å². The van der Waals surface area contributed by atoms with Gasteiger partial charge in [0.25, 0.3) is 5.91 Å². The highest BCUT2D eigenvalue weighted by atomic mass is 16.1. The Hall–Kier alpha value is -1.62. The lowest BCUT2D eigenvalue weighted by atomic mass is 9.69. The van der Waals surface area contributed by atoms with Crippen molar-refractivity contribution in [3.8, 4) is 0 Å². The van der Waals surface area contributed by atoms with E-state index in [0.717, 1.165) is 44.3 Å². The van der Waals surface area contributed by atoms with Crippen molar-refractivity contribution in [3.63, 3.8) is 0 Å². The first-order valence-electron chi connectivity index (χ1n) is 9.65. The molecule has 136 valence electrons. The molecule has 0 radical (unpaired) electrons. The fraction of sp³-hybridized carbons (Fsp3) is 0.700. The minimum absolute atomic E-state index is 0.0382. The number of rotatable bonds is 3. The van der Waals surface area contributed by atoms with Crippen molar-refractivity contribution in [2.45, 2.75) is 46.1 Å². The molecule has 1 aliphatic heterocycles. The third-order valence-electron chi connectivity index (χ3n) is 7.55. The van der Waals surface area contributed by atoms with Crippen LogP contribution in [0.4, 0.5) is 5.82 Å². The summed E-state index contributed by atoms with van der Waals surface area (Å²) in [5.41, 5.74) is 1.22. The van der Waals surface area contributed by atoms with Gasteiger partial charge >= 0.3 is 0 Å². The van der Waals surface area contributed by atoms with E-state index in [9.17, 15) is 4.79 Å². The Balaban J connectivity index is 1.55. The second kappa shape index (κ2) is 5.97. The molecule has 3 aliphatic rings. The predicted octanol–water partition coefficient (Wildman–Crippen LogP) is 2.44. The molecule has 2 N–H and O–H groups in total. The Kier molecular flexibility index (Phi) is 4.02. The SMILES string of the molecule is CC1(C)[C@@H]2CC[C@@]1(C)[C@H](NC(=O)c1cccnc1N1CCNCC1)C2. The quantitative estimate of drug-likeness (QED) is 0.886. The largest absolute Gasteiger partial charge is 0.353 e. The van der Waals surface area contributed by atoms with Gasteiger partial charge in [0, 0.05) is 38.4 Å². The monoisotopic (exact) mass is 342 g/mol. The maximum Gasteiger partial charge on any atom is 0.255 e. The van der Waals surface area contributed by atoms with E-state index in [1.54, 1.807) is 6.20 Å². The first kappa shape index (κ1) is 16.8. The molecule has 3 atom stereocenters. The lowest BCUT2D eigenvalue weighted by Crippen LogP contribution is -2.48. The zero-order chi connectivity index (χ0) is 17.7. The van der Waals surface area contributed by atoms with Crippen LogP contribution in [0.5, 0.6) is 0 Å². The molecule has 5 heteroatoms. The van der Waals surface area contributed by atoms with Crippen LogP contribution in [0.3, 0.4) is 0 Å². The van der Waals surface area contributed by atoms with Gasteiger partial charge in [-0.2, -0.15) is 0 Å². The predicted molar refractivity (Wildman–Crippen MR) is 99.8 cm³/mol. The summed E-state index contributed by atoms with van der Waals surface area (Å²) in [6.45, 7) is 10.8. The highest BCUT2D eigenvalue weighted by molar-refractivity contribution is 5.99. The van der Waals surface area contributed by atoms with Gasteiger partial charge in [-0.05, 0) is 48.1 Å². The third kappa shape index (κ3) is 2.55. The van der Waals surface area contributed by atoms with Gasteiger partial charge in [-0.15, -0.1) is 0 Å². The second-order valence-electron chi connectivity index (χ2n) is 8.75. The van der Waals surface area contributed by atoms with Crippen LogP contribution in [0, 0.1) is 16.7 Å². The molecule has 3 fully saturated rings. The Labute approximate surface area is 150 Å². The molecule has 2 saturated carbocycles. The maximum atomic E-state index is 13.1. The number of aromatic nitrogens is 1. The van der Waals surface area contributed by atoms with Crippen molar-refractivity contribution in [3.05, 3.63) is 23.9 Å². The molecule has 1 saturated heterocycles. The molecule has 1 aromatic heterocycles. The molecule has 2 bridgehead atoms. The van der Waals surface area contributed by atoms with Crippen molar-refractivity contribution in [2.75, 3.05) is 31.1 Å². The van der Waals surface area contributed by atoms with E-state index in [1.807, 2.05) is 12.1 Å². The summed E-state index contributed by atoms with van der Waals surface area (Å²) in [6.07, 6.45) is 5.41. The van der Waals surface area contributed by atoms with Crippen LogP contribution < -0.4 is 15.5 Å². The van der Waals surface area contributed by atoms with E-state index in [2.05, 4.69) is 41.3 Å². The second-order valence-corrected chi connectivity index (χ2v) is 8.75. The summed E-state index contributed by atoms with van der Waals surface area (Å²) < 4.78 is 0. The minimum Gasteiger partial charge on any atom is -0.353 e. The molecule has 0 unspecified atom stereocenters. The van der Waals surface area contributed by atoms with Gasteiger partial charge < -0.3 is 15.5 Å². The van der Waals surface area contributed by atoms with Crippen LogP contribution >= 0.6 is 0 Å². The van der Waals surface area contributed by atoms with Crippen LogP contribution in [0.1, 0.15) is 50.4 Å². The van der Waals surface area contributed by atoms with Crippen LogP contribution in [0.15, 0.2) is 18.3 Å². The smallest absolute Gasteiger partial charge is 0.255 e. The standard InChI is InChI=1S/C20H30N4O/c1-19(2)14-6-7-20(19,3)16(13-14)23-18(25)15-5-4-8-22-17(15)24-11-9-21-10-12-24/h4-5,8,14,16,21H,6-7,9-13H2,1-3H3,(H,23,25)/t14-,16-,20+/m1/s1.